The van der Waals surface area contributed by atoms with E-state index < -0.39 is 11.2 Å². The van der Waals surface area contributed by atoms with Gasteiger partial charge in [-0.25, -0.2) is 4.79 Å². The summed E-state index contributed by atoms with van der Waals surface area (Å²) >= 11 is 0. The Balaban J connectivity index is 3.10. The van der Waals surface area contributed by atoms with Gasteiger partial charge in [-0.1, -0.05) is 6.92 Å². The number of hydrogen-bond donors (Lipinski definition) is 2. The minimum Gasteiger partial charge on any atom is -0.494 e. The minimum atomic E-state index is -0.601. The second kappa shape index (κ2) is 4.98. The van der Waals surface area contributed by atoms with Crippen LogP contribution in [-0.2, 0) is 11.3 Å². The lowest BCUT2D eigenvalue weighted by atomic mass is 10.2. The zero-order chi connectivity index (χ0) is 12.3. The highest BCUT2D eigenvalue weighted by molar-refractivity contribution is 5.20. The highest BCUT2D eigenvalue weighted by Gasteiger charge is 2.12. The van der Waals surface area contributed by atoms with Crippen LogP contribution < -0.4 is 11.2 Å². The summed E-state index contributed by atoms with van der Waals surface area (Å²) in [6.07, 6.45) is 0. The van der Waals surface area contributed by atoms with Gasteiger partial charge in [-0.05, 0) is 12.8 Å². The quantitative estimate of drug-likeness (QED) is 0.749. The van der Waals surface area contributed by atoms with Crippen molar-refractivity contribution in [1.82, 2.24) is 9.55 Å². The summed E-state index contributed by atoms with van der Waals surface area (Å²) in [5, 5.41) is 9.68. The van der Waals surface area contributed by atoms with Crippen LogP contribution in [0.3, 0.4) is 0 Å². The van der Waals surface area contributed by atoms with Crippen LogP contribution in [0.25, 0.3) is 0 Å². The normalized spacial score (nSPS) is 12.7. The molecule has 1 heterocycles. The molecule has 16 heavy (non-hydrogen) atoms. The molecule has 0 spiro atoms. The number of aromatic hydroxyl groups is 1. The zero-order valence-electron chi connectivity index (χ0n) is 9.61. The van der Waals surface area contributed by atoms with Gasteiger partial charge < -0.3 is 9.84 Å². The molecule has 90 valence electrons. The van der Waals surface area contributed by atoms with Crippen molar-refractivity contribution >= 4 is 0 Å². The molecule has 0 aliphatic carbocycles. The molecule has 1 atom stereocenters. The molecular formula is C10H16N2O4. The Morgan fingerprint density at radius 3 is 2.69 bits per heavy atom. The van der Waals surface area contributed by atoms with Crippen LogP contribution in [0.4, 0.5) is 0 Å². The van der Waals surface area contributed by atoms with Crippen molar-refractivity contribution < 1.29 is 9.84 Å². The molecule has 0 fully saturated rings. The molecule has 1 aromatic heterocycles. The van der Waals surface area contributed by atoms with Gasteiger partial charge in [-0.2, -0.15) is 0 Å². The van der Waals surface area contributed by atoms with E-state index in [0.29, 0.717) is 13.2 Å². The Labute approximate surface area is 92.5 Å². The summed E-state index contributed by atoms with van der Waals surface area (Å²) in [6, 6.07) is 0. The standard InChI is InChI=1S/C10H16N2O4/c1-6(5-16-3)4-12-9(14)7(2)8(13)11-10(12)15/h6,14H,4-5H2,1-3H3,(H,11,13,15). The highest BCUT2D eigenvalue weighted by Crippen LogP contribution is 2.10. The third-order valence-corrected chi connectivity index (χ3v) is 2.34. The number of aromatic amines is 1. The lowest BCUT2D eigenvalue weighted by molar-refractivity contribution is 0.148. The Hall–Kier alpha value is -1.56. The number of aromatic nitrogens is 2. The molecule has 0 saturated carbocycles. The number of nitrogens with zero attached hydrogens (tertiary/aromatic N) is 1. The maximum absolute atomic E-state index is 11.5. The van der Waals surface area contributed by atoms with Gasteiger partial charge in [0.1, 0.15) is 0 Å². The lowest BCUT2D eigenvalue weighted by Gasteiger charge is -2.14. The van der Waals surface area contributed by atoms with Crippen LogP contribution in [0.5, 0.6) is 5.88 Å². The SMILES string of the molecule is COCC(C)Cn1c(O)c(C)c(=O)[nH]c1=O. The molecule has 0 aliphatic rings. The van der Waals surface area contributed by atoms with Gasteiger partial charge in [0.25, 0.3) is 5.56 Å². The first-order chi connectivity index (χ1) is 7.47. The molecule has 0 bridgehead atoms. The monoisotopic (exact) mass is 228 g/mol. The van der Waals surface area contributed by atoms with E-state index in [2.05, 4.69) is 4.98 Å². The fourth-order valence-corrected chi connectivity index (χ4v) is 1.48. The number of hydrogen-bond acceptors (Lipinski definition) is 4. The first-order valence-electron chi connectivity index (χ1n) is 4.99. The van der Waals surface area contributed by atoms with E-state index in [-0.39, 0.29) is 17.4 Å². The second-order valence-corrected chi connectivity index (χ2v) is 3.88. The Morgan fingerprint density at radius 2 is 2.12 bits per heavy atom. The molecule has 0 amide bonds. The van der Waals surface area contributed by atoms with Crippen LogP contribution in [-0.4, -0.2) is 28.4 Å². The number of ether oxygens (including phenoxy) is 1. The summed E-state index contributed by atoms with van der Waals surface area (Å²) in [4.78, 5) is 24.8. The lowest BCUT2D eigenvalue weighted by Crippen LogP contribution is -2.33. The van der Waals surface area contributed by atoms with Crippen molar-refractivity contribution in [3.63, 3.8) is 0 Å². The Morgan fingerprint density at radius 1 is 1.50 bits per heavy atom. The molecule has 0 aromatic carbocycles. The number of methoxy groups -OCH3 is 1. The Bertz CT molecular complexity index is 475. The van der Waals surface area contributed by atoms with Crippen molar-refractivity contribution in [2.24, 2.45) is 5.92 Å². The molecule has 0 aliphatic heterocycles. The summed E-state index contributed by atoms with van der Waals surface area (Å²) in [5.41, 5.74) is -1.02. The maximum Gasteiger partial charge on any atom is 0.331 e. The smallest absolute Gasteiger partial charge is 0.331 e. The fourth-order valence-electron chi connectivity index (χ4n) is 1.48. The molecule has 6 heteroatoms. The van der Waals surface area contributed by atoms with Crippen molar-refractivity contribution in [2.45, 2.75) is 20.4 Å². The van der Waals surface area contributed by atoms with Crippen molar-refractivity contribution in [3.05, 3.63) is 26.4 Å². The number of rotatable bonds is 4. The second-order valence-electron chi connectivity index (χ2n) is 3.88. The van der Waals surface area contributed by atoms with E-state index in [1.54, 1.807) is 7.11 Å². The van der Waals surface area contributed by atoms with Gasteiger partial charge in [0.05, 0.1) is 12.2 Å². The van der Waals surface area contributed by atoms with Crippen molar-refractivity contribution in [1.29, 1.82) is 0 Å². The van der Waals surface area contributed by atoms with Crippen LogP contribution in [0.1, 0.15) is 12.5 Å². The molecule has 2 N–H and O–H groups in total. The minimum absolute atomic E-state index is 0.0684. The zero-order valence-corrected chi connectivity index (χ0v) is 9.61. The van der Waals surface area contributed by atoms with E-state index in [4.69, 9.17) is 4.74 Å². The van der Waals surface area contributed by atoms with Gasteiger partial charge in [0, 0.05) is 13.7 Å². The predicted molar refractivity (Wildman–Crippen MR) is 58.8 cm³/mol. The molecule has 0 radical (unpaired) electrons. The van der Waals surface area contributed by atoms with Crippen molar-refractivity contribution in [3.8, 4) is 5.88 Å². The van der Waals surface area contributed by atoms with Crippen LogP contribution in [0.15, 0.2) is 9.59 Å². The molecular weight excluding hydrogens is 212 g/mol. The van der Waals surface area contributed by atoms with Crippen LogP contribution in [0, 0.1) is 12.8 Å². The molecule has 0 saturated heterocycles. The van der Waals surface area contributed by atoms with Gasteiger partial charge in [-0.3, -0.25) is 14.3 Å². The van der Waals surface area contributed by atoms with E-state index in [1.807, 2.05) is 6.92 Å². The topological polar surface area (TPSA) is 84.3 Å². The van der Waals surface area contributed by atoms with E-state index >= 15 is 0 Å². The number of H-pyrrole nitrogens is 1. The summed E-state index contributed by atoms with van der Waals surface area (Å²) in [6.45, 7) is 4.13. The fraction of sp³-hybridized carbons (Fsp3) is 0.600. The van der Waals surface area contributed by atoms with Gasteiger partial charge in [-0.15, -0.1) is 0 Å². The van der Waals surface area contributed by atoms with E-state index in [0.717, 1.165) is 4.57 Å². The largest absolute Gasteiger partial charge is 0.494 e. The molecule has 1 unspecified atom stereocenters. The van der Waals surface area contributed by atoms with Crippen molar-refractivity contribution in [2.75, 3.05) is 13.7 Å². The van der Waals surface area contributed by atoms with Gasteiger partial charge >= 0.3 is 5.69 Å². The summed E-state index contributed by atoms with van der Waals surface area (Å²) in [5.74, 6) is -0.212. The first kappa shape index (κ1) is 12.5. The predicted octanol–water partition coefficient (Wildman–Crippen LogP) is -0.167. The maximum atomic E-state index is 11.5. The molecule has 1 aromatic rings. The van der Waals surface area contributed by atoms with E-state index in [9.17, 15) is 14.7 Å². The third kappa shape index (κ3) is 2.52. The average Bonchev–Trinajstić information content (AvgIpc) is 2.22. The van der Waals surface area contributed by atoms with Crippen LogP contribution >= 0.6 is 0 Å². The first-order valence-corrected chi connectivity index (χ1v) is 4.99. The molecule has 1 rings (SSSR count). The van der Waals surface area contributed by atoms with Crippen LogP contribution in [0.2, 0.25) is 0 Å². The Kier molecular flexibility index (Phi) is 3.89. The van der Waals surface area contributed by atoms with E-state index in [1.165, 1.54) is 6.92 Å². The average molecular weight is 228 g/mol. The summed E-state index contributed by atoms with van der Waals surface area (Å²) in [7, 11) is 1.57. The third-order valence-electron chi connectivity index (χ3n) is 2.34. The highest BCUT2D eigenvalue weighted by atomic mass is 16.5. The van der Waals surface area contributed by atoms with Gasteiger partial charge in [0.15, 0.2) is 0 Å². The number of nitrogens with one attached hydrogen (secondary N) is 1. The molecule has 6 nitrogen and oxygen atoms in total. The summed E-state index contributed by atoms with van der Waals surface area (Å²) < 4.78 is 6.08. The van der Waals surface area contributed by atoms with Gasteiger partial charge in [0.2, 0.25) is 5.88 Å².